The van der Waals surface area contributed by atoms with Crippen molar-refractivity contribution in [1.29, 1.82) is 0 Å². The molecule has 0 aromatic heterocycles. The van der Waals surface area contributed by atoms with Crippen LogP contribution in [-0.4, -0.2) is 14.3 Å². The molecular weight excluding hydrogens is 456 g/mol. The third-order valence-corrected chi connectivity index (χ3v) is 7.39. The van der Waals surface area contributed by atoms with E-state index in [-0.39, 0.29) is 22.4 Å². The number of anilines is 1. The zero-order valence-corrected chi connectivity index (χ0v) is 20.8. The molecule has 5 nitrogen and oxygen atoms in total. The van der Waals surface area contributed by atoms with E-state index in [9.17, 15) is 13.2 Å². The molecule has 0 heterocycles. The van der Waals surface area contributed by atoms with Crippen molar-refractivity contribution >= 4 is 21.6 Å². The van der Waals surface area contributed by atoms with Gasteiger partial charge in [-0.2, -0.15) is 0 Å². The Morgan fingerprint density at radius 2 is 1.29 bits per heavy atom. The smallest absolute Gasteiger partial charge is 0.262 e. The van der Waals surface area contributed by atoms with E-state index in [1.807, 2.05) is 80.6 Å². The molecular formula is C29H28N2O3S. The summed E-state index contributed by atoms with van der Waals surface area (Å²) < 4.78 is 28.9. The fraction of sp³-hybridized carbons (Fsp3) is 0.138. The van der Waals surface area contributed by atoms with Gasteiger partial charge in [0.25, 0.3) is 15.9 Å². The highest BCUT2D eigenvalue weighted by Gasteiger charge is 2.22. The van der Waals surface area contributed by atoms with Crippen LogP contribution in [0.1, 0.15) is 44.2 Å². The van der Waals surface area contributed by atoms with E-state index < -0.39 is 10.0 Å². The number of carbonyl (C=O) groups excluding carboxylic acids is 1. The molecule has 4 rings (SSSR count). The summed E-state index contributed by atoms with van der Waals surface area (Å²) in [6.45, 7) is 5.66. The Labute approximate surface area is 206 Å². The van der Waals surface area contributed by atoms with Crippen LogP contribution < -0.4 is 10.0 Å². The van der Waals surface area contributed by atoms with E-state index in [1.54, 1.807) is 31.2 Å². The second kappa shape index (κ2) is 10.2. The summed E-state index contributed by atoms with van der Waals surface area (Å²) in [4.78, 5) is 13.4. The molecule has 0 spiro atoms. The highest BCUT2D eigenvalue weighted by atomic mass is 32.2. The predicted octanol–water partition coefficient (Wildman–Crippen LogP) is 5.93. The van der Waals surface area contributed by atoms with Gasteiger partial charge in [-0.15, -0.1) is 0 Å². The van der Waals surface area contributed by atoms with Crippen LogP contribution in [0.4, 0.5) is 5.69 Å². The lowest BCUT2D eigenvalue weighted by atomic mass is 9.97. The molecule has 0 aliphatic rings. The van der Waals surface area contributed by atoms with Crippen LogP contribution in [0.2, 0.25) is 0 Å². The topological polar surface area (TPSA) is 75.3 Å². The van der Waals surface area contributed by atoms with Crippen LogP contribution in [0.15, 0.2) is 102 Å². The maximum absolute atomic E-state index is 13.3. The Hall–Kier alpha value is -3.90. The second-order valence-corrected chi connectivity index (χ2v) is 10.3. The van der Waals surface area contributed by atoms with Crippen LogP contribution in [-0.2, 0) is 10.0 Å². The first-order chi connectivity index (χ1) is 16.7. The van der Waals surface area contributed by atoms with E-state index in [1.165, 1.54) is 6.07 Å². The molecule has 0 unspecified atom stereocenters. The summed E-state index contributed by atoms with van der Waals surface area (Å²) in [7, 11) is -3.88. The van der Waals surface area contributed by atoms with Gasteiger partial charge in [-0.1, -0.05) is 83.9 Å². The average Bonchev–Trinajstić information content (AvgIpc) is 2.85. The van der Waals surface area contributed by atoms with Gasteiger partial charge in [0.15, 0.2) is 0 Å². The first-order valence-electron chi connectivity index (χ1n) is 11.4. The Morgan fingerprint density at radius 3 is 1.91 bits per heavy atom. The third-order valence-electron chi connectivity index (χ3n) is 5.86. The second-order valence-electron chi connectivity index (χ2n) is 8.68. The maximum Gasteiger partial charge on any atom is 0.262 e. The number of aryl methyl sites for hydroxylation is 3. The Balaban J connectivity index is 1.64. The van der Waals surface area contributed by atoms with Gasteiger partial charge in [0.1, 0.15) is 0 Å². The van der Waals surface area contributed by atoms with Crippen molar-refractivity contribution in [2.24, 2.45) is 0 Å². The van der Waals surface area contributed by atoms with Crippen LogP contribution >= 0.6 is 0 Å². The lowest BCUT2D eigenvalue weighted by Crippen LogP contribution is -2.29. The van der Waals surface area contributed by atoms with Gasteiger partial charge in [0.05, 0.1) is 10.9 Å². The summed E-state index contributed by atoms with van der Waals surface area (Å²) in [5.74, 6) is -0.355. The molecule has 0 saturated carbocycles. The minimum absolute atomic E-state index is 0.0670. The van der Waals surface area contributed by atoms with E-state index in [0.717, 1.165) is 22.3 Å². The van der Waals surface area contributed by atoms with Crippen molar-refractivity contribution in [1.82, 2.24) is 5.32 Å². The van der Waals surface area contributed by atoms with Crippen molar-refractivity contribution in [2.75, 3.05) is 4.72 Å². The lowest BCUT2D eigenvalue weighted by Gasteiger charge is -2.20. The van der Waals surface area contributed by atoms with E-state index >= 15 is 0 Å². The molecule has 0 saturated heterocycles. The summed E-state index contributed by atoms with van der Waals surface area (Å²) in [6, 6.07) is 29.1. The number of hydrogen-bond donors (Lipinski definition) is 2. The maximum atomic E-state index is 13.3. The van der Waals surface area contributed by atoms with Gasteiger partial charge in [0, 0.05) is 11.3 Å². The van der Waals surface area contributed by atoms with Gasteiger partial charge < -0.3 is 5.32 Å². The van der Waals surface area contributed by atoms with Gasteiger partial charge in [0.2, 0.25) is 0 Å². The molecule has 0 aliphatic heterocycles. The summed E-state index contributed by atoms with van der Waals surface area (Å²) >= 11 is 0. The van der Waals surface area contributed by atoms with E-state index in [2.05, 4.69) is 10.0 Å². The van der Waals surface area contributed by atoms with Crippen LogP contribution in [0, 0.1) is 20.8 Å². The Kier molecular flexibility index (Phi) is 7.03. The number of nitrogens with one attached hydrogen (secondary N) is 2. The van der Waals surface area contributed by atoms with Gasteiger partial charge >= 0.3 is 0 Å². The van der Waals surface area contributed by atoms with Crippen molar-refractivity contribution in [3.63, 3.8) is 0 Å². The monoisotopic (exact) mass is 484 g/mol. The number of amides is 1. The Bertz CT molecular complexity index is 1430. The third kappa shape index (κ3) is 5.78. The van der Waals surface area contributed by atoms with Crippen LogP contribution in [0.5, 0.6) is 0 Å². The first kappa shape index (κ1) is 24.2. The van der Waals surface area contributed by atoms with Crippen LogP contribution in [0.3, 0.4) is 0 Å². The molecule has 1 atom stereocenters. The van der Waals surface area contributed by atoms with E-state index in [0.29, 0.717) is 11.3 Å². The van der Waals surface area contributed by atoms with E-state index in [4.69, 9.17) is 0 Å². The highest BCUT2D eigenvalue weighted by Crippen LogP contribution is 2.25. The number of carbonyl (C=O) groups is 1. The number of sulfonamides is 1. The minimum Gasteiger partial charge on any atom is -0.341 e. The SMILES string of the molecule is Cc1ccc(NS(=O)(=O)c2cc(C(=O)N[C@H](c3ccccc3)c3ccc(C)cc3)ccc2C)cc1. The first-order valence-corrected chi connectivity index (χ1v) is 12.8. The molecule has 6 heteroatoms. The van der Waals surface area contributed by atoms with Gasteiger partial charge in [-0.25, -0.2) is 8.42 Å². The van der Waals surface area contributed by atoms with Gasteiger partial charge in [-0.05, 0) is 61.7 Å². The molecule has 35 heavy (non-hydrogen) atoms. The molecule has 0 bridgehead atoms. The standard InChI is InChI=1S/C29H28N2O3S/c1-20-9-14-24(15-10-20)28(23-7-5-4-6-8-23)30-29(32)25-16-13-22(3)27(19-25)35(33,34)31-26-17-11-21(2)12-18-26/h4-19,28,31H,1-3H3,(H,30,32)/t28-/m1/s1. The molecule has 2 N–H and O–H groups in total. The molecule has 1 amide bonds. The molecule has 0 fully saturated rings. The molecule has 4 aromatic carbocycles. The quantitative estimate of drug-likeness (QED) is 0.341. The fourth-order valence-electron chi connectivity index (χ4n) is 3.84. The molecule has 0 aliphatic carbocycles. The zero-order chi connectivity index (χ0) is 25.0. The lowest BCUT2D eigenvalue weighted by molar-refractivity contribution is 0.0942. The zero-order valence-electron chi connectivity index (χ0n) is 19.9. The summed E-state index contributed by atoms with van der Waals surface area (Å²) in [5.41, 5.74) is 5.33. The highest BCUT2D eigenvalue weighted by molar-refractivity contribution is 7.92. The fourth-order valence-corrected chi connectivity index (χ4v) is 5.17. The molecule has 178 valence electrons. The number of hydrogen-bond acceptors (Lipinski definition) is 3. The predicted molar refractivity (Wildman–Crippen MR) is 140 cm³/mol. The normalized spacial score (nSPS) is 12.1. The van der Waals surface area contributed by atoms with Crippen molar-refractivity contribution in [2.45, 2.75) is 31.7 Å². The van der Waals surface area contributed by atoms with Crippen molar-refractivity contribution in [3.8, 4) is 0 Å². The summed E-state index contributed by atoms with van der Waals surface area (Å²) in [5, 5.41) is 3.09. The van der Waals surface area contributed by atoms with Crippen LogP contribution in [0.25, 0.3) is 0 Å². The molecule has 4 aromatic rings. The van der Waals surface area contributed by atoms with Crippen molar-refractivity contribution in [3.05, 3.63) is 130 Å². The average molecular weight is 485 g/mol. The number of benzene rings is 4. The summed E-state index contributed by atoms with van der Waals surface area (Å²) in [6.07, 6.45) is 0. The largest absolute Gasteiger partial charge is 0.341 e. The number of rotatable bonds is 7. The van der Waals surface area contributed by atoms with Gasteiger partial charge in [-0.3, -0.25) is 9.52 Å². The Morgan fingerprint density at radius 1 is 0.714 bits per heavy atom. The molecule has 0 radical (unpaired) electrons. The van der Waals surface area contributed by atoms with Crippen molar-refractivity contribution < 1.29 is 13.2 Å². The minimum atomic E-state index is -3.88.